The number of amides is 1. The summed E-state index contributed by atoms with van der Waals surface area (Å²) >= 11 is 0. The average Bonchev–Trinajstić information content (AvgIpc) is 3.25. The van der Waals surface area contributed by atoms with E-state index >= 15 is 0 Å². The van der Waals surface area contributed by atoms with Gasteiger partial charge in [-0.15, -0.1) is 13.2 Å². The van der Waals surface area contributed by atoms with Crippen LogP contribution in [0.15, 0.2) is 54.6 Å². The largest absolute Gasteiger partial charge is 0.573 e. The fourth-order valence-electron chi connectivity index (χ4n) is 4.32. The number of nitrogens with zero attached hydrogens (tertiary/aromatic N) is 3. The van der Waals surface area contributed by atoms with Crippen molar-refractivity contribution in [2.45, 2.75) is 57.7 Å². The van der Waals surface area contributed by atoms with E-state index in [1.807, 2.05) is 13.8 Å². The van der Waals surface area contributed by atoms with Gasteiger partial charge in [0.2, 0.25) is 0 Å². The van der Waals surface area contributed by atoms with Crippen LogP contribution in [0.4, 0.5) is 17.6 Å². The summed E-state index contributed by atoms with van der Waals surface area (Å²) < 4.78 is 57.0. The van der Waals surface area contributed by atoms with E-state index < -0.39 is 48.4 Å². The van der Waals surface area contributed by atoms with E-state index in [9.17, 15) is 37.4 Å². The smallest absolute Gasteiger partial charge is 0.481 e. The van der Waals surface area contributed by atoms with E-state index in [-0.39, 0.29) is 24.6 Å². The van der Waals surface area contributed by atoms with E-state index in [1.165, 1.54) is 65.2 Å². The fraction of sp³-hybridized carbons (Fsp3) is 0.345. The van der Waals surface area contributed by atoms with Gasteiger partial charge in [0.1, 0.15) is 11.6 Å². The van der Waals surface area contributed by atoms with Crippen molar-refractivity contribution in [3.05, 3.63) is 82.9 Å². The molecule has 1 aromatic heterocycles. The second-order valence-corrected chi connectivity index (χ2v) is 9.96. The molecule has 3 rings (SSSR count). The highest BCUT2D eigenvalue weighted by atomic mass is 19.4. The van der Waals surface area contributed by atoms with Gasteiger partial charge in [-0.3, -0.25) is 9.59 Å². The van der Waals surface area contributed by atoms with Crippen molar-refractivity contribution in [3.63, 3.8) is 0 Å². The number of carbonyl (C=O) groups excluding carboxylic acids is 1. The molecular formula is C29H31F4N3O6. The van der Waals surface area contributed by atoms with E-state index in [4.69, 9.17) is 5.11 Å². The molecule has 0 saturated carbocycles. The van der Waals surface area contributed by atoms with Crippen LogP contribution in [0.5, 0.6) is 5.75 Å². The molecule has 0 bridgehead atoms. The number of aliphatic hydroxyl groups is 2. The highest BCUT2D eigenvalue weighted by molar-refractivity contribution is 5.95. The number of rotatable bonds is 12. The number of alkyl halides is 3. The Hall–Kier alpha value is -4.23. The number of aliphatic hydroxyl groups excluding tert-OH is 2. The molecule has 0 aliphatic rings. The highest BCUT2D eigenvalue weighted by Gasteiger charge is 2.31. The predicted molar refractivity (Wildman–Crippen MR) is 144 cm³/mol. The first-order valence-corrected chi connectivity index (χ1v) is 12.9. The van der Waals surface area contributed by atoms with Crippen LogP contribution < -0.4 is 4.74 Å². The van der Waals surface area contributed by atoms with Gasteiger partial charge in [-0.05, 0) is 54.0 Å². The molecule has 0 saturated heterocycles. The van der Waals surface area contributed by atoms with Crippen LogP contribution in [-0.2, 0) is 11.3 Å². The monoisotopic (exact) mass is 593 g/mol. The number of carboxylic acid groups (broad SMARTS) is 1. The lowest BCUT2D eigenvalue weighted by Gasteiger charge is -2.18. The van der Waals surface area contributed by atoms with E-state index in [0.29, 0.717) is 22.5 Å². The van der Waals surface area contributed by atoms with E-state index in [0.717, 1.165) is 6.07 Å². The second-order valence-electron chi connectivity index (χ2n) is 9.96. The van der Waals surface area contributed by atoms with Crippen LogP contribution >= 0.6 is 0 Å². The molecule has 1 heterocycles. The Labute approximate surface area is 239 Å². The molecule has 0 fully saturated rings. The van der Waals surface area contributed by atoms with Crippen LogP contribution in [0, 0.1) is 5.82 Å². The van der Waals surface area contributed by atoms with Crippen molar-refractivity contribution in [3.8, 4) is 11.4 Å². The third-order valence-corrected chi connectivity index (χ3v) is 6.11. The van der Waals surface area contributed by atoms with Crippen molar-refractivity contribution in [1.82, 2.24) is 14.7 Å². The number of carbonyl (C=O) groups is 2. The SMILES string of the molecule is CC(C)c1c(C(=O)N(C)Cc2cccc(OC(F)(F)F)c2)nn(-c2ccc(F)cc2)c1/C=C/[C@H](O)C[C@@H](O)CC(=O)O. The van der Waals surface area contributed by atoms with Crippen molar-refractivity contribution in [2.75, 3.05) is 7.05 Å². The molecule has 0 radical (unpaired) electrons. The average molecular weight is 594 g/mol. The lowest BCUT2D eigenvalue weighted by Crippen LogP contribution is -2.27. The third-order valence-electron chi connectivity index (χ3n) is 6.11. The van der Waals surface area contributed by atoms with Crippen molar-refractivity contribution in [1.29, 1.82) is 0 Å². The molecule has 0 aliphatic carbocycles. The molecule has 226 valence electrons. The number of ether oxygens (including phenoxy) is 1. The van der Waals surface area contributed by atoms with Crippen molar-refractivity contribution < 1.29 is 47.2 Å². The number of hydrogen-bond acceptors (Lipinski definition) is 6. The first-order chi connectivity index (χ1) is 19.6. The number of hydrogen-bond donors (Lipinski definition) is 3. The van der Waals surface area contributed by atoms with Gasteiger partial charge >= 0.3 is 12.3 Å². The number of aliphatic carboxylic acids is 1. The molecule has 3 aromatic rings. The molecule has 3 N–H and O–H groups in total. The highest BCUT2D eigenvalue weighted by Crippen LogP contribution is 2.30. The molecule has 1 amide bonds. The van der Waals surface area contributed by atoms with Crippen LogP contribution in [0.25, 0.3) is 11.8 Å². The van der Waals surface area contributed by atoms with Crippen LogP contribution in [0.3, 0.4) is 0 Å². The first kappa shape index (κ1) is 32.3. The minimum absolute atomic E-state index is 0.0274. The summed E-state index contributed by atoms with van der Waals surface area (Å²) in [6.45, 7) is 3.55. The molecule has 2 aromatic carbocycles. The minimum atomic E-state index is -4.87. The van der Waals surface area contributed by atoms with Crippen molar-refractivity contribution >= 4 is 18.0 Å². The summed E-state index contributed by atoms with van der Waals surface area (Å²) in [7, 11) is 1.46. The van der Waals surface area contributed by atoms with Gasteiger partial charge < -0.3 is 25.0 Å². The van der Waals surface area contributed by atoms with E-state index in [2.05, 4.69) is 9.84 Å². The molecule has 0 aliphatic heterocycles. The maximum Gasteiger partial charge on any atom is 0.573 e. The maximum atomic E-state index is 13.7. The summed E-state index contributed by atoms with van der Waals surface area (Å²) in [5.41, 5.74) is 1.65. The molecule has 9 nitrogen and oxygen atoms in total. The van der Waals surface area contributed by atoms with Crippen molar-refractivity contribution in [2.24, 2.45) is 0 Å². The fourth-order valence-corrected chi connectivity index (χ4v) is 4.32. The third kappa shape index (κ3) is 8.88. The van der Waals surface area contributed by atoms with Gasteiger partial charge in [0.15, 0.2) is 5.69 Å². The number of carboxylic acids is 1. The predicted octanol–water partition coefficient (Wildman–Crippen LogP) is 4.91. The van der Waals surface area contributed by atoms with Crippen LogP contribution in [0.1, 0.15) is 59.9 Å². The van der Waals surface area contributed by atoms with Gasteiger partial charge in [0.05, 0.1) is 30.0 Å². The van der Waals surface area contributed by atoms with Crippen LogP contribution in [0.2, 0.25) is 0 Å². The molecule has 2 atom stereocenters. The summed E-state index contributed by atoms with van der Waals surface area (Å²) in [6.07, 6.45) is -5.38. The number of aromatic nitrogens is 2. The van der Waals surface area contributed by atoms with Gasteiger partial charge in [-0.25, -0.2) is 9.07 Å². The Morgan fingerprint density at radius 3 is 2.38 bits per heavy atom. The second kappa shape index (κ2) is 13.6. The Kier molecular flexibility index (Phi) is 10.5. The Morgan fingerprint density at radius 1 is 1.12 bits per heavy atom. The van der Waals surface area contributed by atoms with Gasteiger partial charge in [-0.1, -0.05) is 32.1 Å². The maximum absolute atomic E-state index is 13.7. The standard InChI is InChI=1S/C29H31F4N3O6/c1-17(2)26-24(12-11-21(37)14-22(38)15-25(39)40)36(20-9-7-19(30)8-10-20)34-27(26)28(41)35(3)16-18-5-4-6-23(13-18)42-29(31,32)33/h4-13,17,21-22,37-38H,14-16H2,1-3H3,(H,39,40)/b12-11+/t21-,22+/m0/s1. The normalized spacial score (nSPS) is 13.4. The zero-order valence-electron chi connectivity index (χ0n) is 23.0. The quantitative estimate of drug-likeness (QED) is 0.255. The lowest BCUT2D eigenvalue weighted by atomic mass is 9.98. The lowest BCUT2D eigenvalue weighted by molar-refractivity contribution is -0.274. The molecule has 0 unspecified atom stereocenters. The summed E-state index contributed by atoms with van der Waals surface area (Å²) in [4.78, 5) is 25.8. The number of benzene rings is 2. The van der Waals surface area contributed by atoms with E-state index in [1.54, 1.807) is 6.07 Å². The topological polar surface area (TPSA) is 125 Å². The Bertz CT molecular complexity index is 1420. The number of halogens is 4. The van der Waals surface area contributed by atoms with Crippen LogP contribution in [-0.4, -0.2) is 67.5 Å². The Morgan fingerprint density at radius 2 is 1.79 bits per heavy atom. The zero-order chi connectivity index (χ0) is 31.2. The Balaban J connectivity index is 1.99. The minimum Gasteiger partial charge on any atom is -0.481 e. The molecule has 13 heteroatoms. The summed E-state index contributed by atoms with van der Waals surface area (Å²) in [5.74, 6) is -2.98. The van der Waals surface area contributed by atoms with Gasteiger partial charge in [0, 0.05) is 25.6 Å². The summed E-state index contributed by atoms with van der Waals surface area (Å²) in [6, 6.07) is 10.5. The van der Waals surface area contributed by atoms with Gasteiger partial charge in [-0.2, -0.15) is 5.10 Å². The van der Waals surface area contributed by atoms with Gasteiger partial charge in [0.25, 0.3) is 5.91 Å². The summed E-state index contributed by atoms with van der Waals surface area (Å²) in [5, 5.41) is 33.6. The zero-order valence-corrected chi connectivity index (χ0v) is 23.0. The molecule has 42 heavy (non-hydrogen) atoms. The molecule has 0 spiro atoms. The molecular weight excluding hydrogens is 562 g/mol. The first-order valence-electron chi connectivity index (χ1n) is 12.9.